The molecule has 0 N–H and O–H groups in total. The molecule has 358 valence electrons. The van der Waals surface area contributed by atoms with Gasteiger partial charge < -0.3 is 8.54 Å². The van der Waals surface area contributed by atoms with E-state index in [0.29, 0.717) is 46.0 Å². The third-order valence-electron chi connectivity index (χ3n) is 15.7. The highest BCUT2D eigenvalue weighted by Gasteiger charge is 2.56. The first-order chi connectivity index (χ1) is 35.9. The van der Waals surface area contributed by atoms with Crippen LogP contribution in [0.15, 0.2) is 176 Å². The summed E-state index contributed by atoms with van der Waals surface area (Å²) in [6.45, 7) is 6.90. The van der Waals surface area contributed by atoms with Crippen molar-refractivity contribution in [3.05, 3.63) is 179 Å². The van der Waals surface area contributed by atoms with Gasteiger partial charge in [-0.05, 0) is 110 Å². The second-order valence-electron chi connectivity index (χ2n) is 20.3. The fraction of sp³-hybridized carbons (Fsp3) is 0.213. The standard InChI is InChI=1S/C61H54N8O2Si2/c1-5-8-27-72(28-9-6-2,29-10-7-3)71-73(70-4)68-58-50-34-42-23-15-16-24-43(42)35-51(50)60(68)66-56-48-32-40-21-13-14-22-41(40)33-49(48)57(63-56)67-61-53-37-45-26-18-17-25-44(45)36-52(53)59(69(61)73)65-55-47-31-39-20-12-11-19-38(39)30-46(47)54(62-55)64-58/h11-26,30-37H,5-10,27-29H2,1-4H3/b64-54-,64-58?,65-55?,65-59-,66-56-,66-60?,67-57?,67-61-. The highest BCUT2D eigenvalue weighted by Crippen LogP contribution is 2.47. The van der Waals surface area contributed by atoms with Crippen LogP contribution in [-0.2, 0) is 8.54 Å². The maximum atomic E-state index is 8.72. The fourth-order valence-corrected chi connectivity index (χ4v) is 22.6. The number of nitrogens with zero attached hydrogens (tertiary/aromatic N) is 8. The van der Waals surface area contributed by atoms with Crippen molar-refractivity contribution >= 4 is 117 Å². The Labute approximate surface area is 425 Å². The van der Waals surface area contributed by atoms with Crippen LogP contribution in [0.1, 0.15) is 81.5 Å². The second kappa shape index (κ2) is 17.1. The van der Waals surface area contributed by atoms with E-state index < -0.39 is 17.2 Å². The smallest absolute Gasteiger partial charge is 0.403 e. The Bertz CT molecular complexity index is 4010. The van der Waals surface area contributed by atoms with E-state index in [4.69, 9.17) is 38.5 Å². The molecule has 1 atom stereocenters. The van der Waals surface area contributed by atoms with Crippen LogP contribution in [0.3, 0.4) is 0 Å². The van der Waals surface area contributed by atoms with E-state index >= 15 is 0 Å². The number of aromatic nitrogens is 2. The lowest BCUT2D eigenvalue weighted by atomic mass is 10.0. The van der Waals surface area contributed by atoms with Crippen LogP contribution in [0.2, 0.25) is 18.1 Å². The van der Waals surface area contributed by atoms with Crippen molar-refractivity contribution in [3.8, 4) is 0 Å². The van der Waals surface area contributed by atoms with Gasteiger partial charge in [-0.15, -0.1) is 0 Å². The molecule has 0 aliphatic carbocycles. The van der Waals surface area contributed by atoms with Crippen LogP contribution in [0, 0.1) is 0 Å². The Balaban J connectivity index is 1.25. The van der Waals surface area contributed by atoms with E-state index in [1.807, 2.05) is 7.11 Å². The minimum atomic E-state index is -4.33. The van der Waals surface area contributed by atoms with Crippen molar-refractivity contribution < 1.29 is 8.54 Å². The van der Waals surface area contributed by atoms with E-state index in [9.17, 15) is 0 Å². The van der Waals surface area contributed by atoms with Gasteiger partial charge in [0.1, 0.15) is 22.6 Å². The van der Waals surface area contributed by atoms with Crippen LogP contribution in [0.5, 0.6) is 0 Å². The summed E-state index contributed by atoms with van der Waals surface area (Å²) in [5.74, 6) is 3.71. The van der Waals surface area contributed by atoms with Gasteiger partial charge in [-0.1, -0.05) is 156 Å². The van der Waals surface area contributed by atoms with Gasteiger partial charge in [-0.25, -0.2) is 30.0 Å². The molecular formula is C61H54N8O2Si2. The predicted molar refractivity (Wildman–Crippen MR) is 304 cm³/mol. The first kappa shape index (κ1) is 44.2. The van der Waals surface area contributed by atoms with Crippen LogP contribution in [0.4, 0.5) is 11.6 Å². The van der Waals surface area contributed by atoms with E-state index in [1.54, 1.807) is 0 Å². The van der Waals surface area contributed by atoms with Gasteiger partial charge in [0, 0.05) is 50.9 Å². The molecule has 73 heavy (non-hydrogen) atoms. The molecule has 4 aliphatic rings. The molecule has 0 saturated heterocycles. The molecular weight excluding hydrogens is 933 g/mol. The van der Waals surface area contributed by atoms with Crippen molar-refractivity contribution in [2.24, 2.45) is 30.0 Å². The zero-order valence-corrected chi connectivity index (χ0v) is 43.6. The number of amidine groups is 4. The molecule has 8 aromatic carbocycles. The largest absolute Gasteiger partial charge is 0.592 e. The average molecular weight is 987 g/mol. The van der Waals surface area contributed by atoms with Gasteiger partial charge in [0.15, 0.2) is 31.7 Å². The first-order valence-electron chi connectivity index (χ1n) is 26.2. The molecule has 0 spiro atoms. The molecule has 0 fully saturated rings. The van der Waals surface area contributed by atoms with E-state index in [-0.39, 0.29) is 0 Å². The second-order valence-corrected chi connectivity index (χ2v) is 27.3. The summed E-state index contributed by atoms with van der Waals surface area (Å²) in [5, 5.41) is 12.5. The normalized spacial score (nSPS) is 19.0. The molecule has 1 unspecified atom stereocenters. The maximum absolute atomic E-state index is 8.72. The minimum absolute atomic E-state index is 0.586. The van der Waals surface area contributed by atoms with Gasteiger partial charge in [0.05, 0.1) is 0 Å². The summed E-state index contributed by atoms with van der Waals surface area (Å²) in [6.07, 6.45) is 6.37. The third kappa shape index (κ3) is 6.80. The van der Waals surface area contributed by atoms with Crippen LogP contribution < -0.4 is 11.0 Å². The summed E-state index contributed by atoms with van der Waals surface area (Å²) in [7, 11) is -5.26. The SMILES string of the molecule is CCCC[Si](CCCC)(CCCC)O[Si]1(OC)n2c3c4cc5ccccc5cc4c2/N=C2N=C(/N=c4/c5cc6ccccc6cc5/c(n41)=N/C1=NC(=N\3)/c3cc4ccccc4cc31)c1cc3ccccc3cc1\2. The molecule has 10 aromatic rings. The number of hydrogen-bond donors (Lipinski definition) is 0. The molecule has 12 heteroatoms. The summed E-state index contributed by atoms with van der Waals surface area (Å²) in [5.41, 5.74) is 5.05. The summed E-state index contributed by atoms with van der Waals surface area (Å²) < 4.78 is 21.0. The molecule has 2 aromatic heterocycles. The Hall–Kier alpha value is -7.49. The van der Waals surface area contributed by atoms with Gasteiger partial charge in [-0.2, -0.15) is 0 Å². The number of unbranched alkanes of at least 4 members (excludes halogenated alkanes) is 3. The molecule has 0 amide bonds. The monoisotopic (exact) mass is 986 g/mol. The molecule has 0 radical (unpaired) electrons. The summed E-state index contributed by atoms with van der Waals surface area (Å²) >= 11 is 0. The quantitative estimate of drug-likeness (QED) is 0.114. The van der Waals surface area contributed by atoms with Crippen molar-refractivity contribution in [1.82, 2.24) is 8.47 Å². The first-order valence-corrected chi connectivity index (χ1v) is 30.4. The zero-order valence-electron chi connectivity index (χ0n) is 41.6. The summed E-state index contributed by atoms with van der Waals surface area (Å²) in [4.78, 5) is 34.4. The van der Waals surface area contributed by atoms with E-state index in [0.717, 1.165) is 144 Å². The summed E-state index contributed by atoms with van der Waals surface area (Å²) in [6, 6.07) is 55.2. The highest BCUT2D eigenvalue weighted by atomic mass is 28.5. The van der Waals surface area contributed by atoms with Gasteiger partial charge in [-0.3, -0.25) is 8.47 Å². The number of aliphatic imine (C=N–C) groups is 4. The van der Waals surface area contributed by atoms with Crippen molar-refractivity contribution in [3.63, 3.8) is 0 Å². The third-order valence-corrected chi connectivity index (χ3v) is 24.8. The van der Waals surface area contributed by atoms with Gasteiger partial charge in [0.25, 0.3) is 0 Å². The Morgan fingerprint density at radius 3 is 1.04 bits per heavy atom. The number of benzene rings is 8. The van der Waals surface area contributed by atoms with Crippen molar-refractivity contribution in [2.75, 3.05) is 7.11 Å². The Morgan fingerprint density at radius 2 is 0.712 bits per heavy atom. The van der Waals surface area contributed by atoms with Gasteiger partial charge in [0.2, 0.25) is 0 Å². The van der Waals surface area contributed by atoms with Crippen LogP contribution >= 0.6 is 0 Å². The lowest BCUT2D eigenvalue weighted by molar-refractivity contribution is 0.261. The topological polar surface area (TPSA) is 102 Å². The molecule has 14 rings (SSSR count). The predicted octanol–water partition coefficient (Wildman–Crippen LogP) is 14.0. The molecule has 10 nitrogen and oxygen atoms in total. The number of rotatable bonds is 12. The lowest BCUT2D eigenvalue weighted by Gasteiger charge is -2.42. The van der Waals surface area contributed by atoms with Crippen molar-refractivity contribution in [2.45, 2.75) is 77.4 Å². The maximum Gasteiger partial charge on any atom is 0.592 e. The van der Waals surface area contributed by atoms with Crippen LogP contribution in [-0.4, -0.2) is 56.1 Å². The lowest BCUT2D eigenvalue weighted by Crippen LogP contribution is -2.67. The van der Waals surface area contributed by atoms with E-state index in [2.05, 4.69) is 175 Å². The molecule has 4 aliphatic heterocycles. The number of fused-ring (bicyclic) bond motifs is 18. The fourth-order valence-electron chi connectivity index (χ4n) is 12.0. The molecule has 6 heterocycles. The average Bonchev–Trinajstić information content (AvgIpc) is 4.12. The minimum Gasteiger partial charge on any atom is -0.403 e. The Kier molecular flexibility index (Phi) is 10.3. The van der Waals surface area contributed by atoms with Crippen LogP contribution in [0.25, 0.3) is 64.6 Å². The van der Waals surface area contributed by atoms with Gasteiger partial charge >= 0.3 is 8.88 Å². The zero-order chi connectivity index (χ0) is 49.0. The highest BCUT2D eigenvalue weighted by molar-refractivity contribution is 6.84. The van der Waals surface area contributed by atoms with E-state index in [1.165, 1.54) is 0 Å². The molecule has 6 bridgehead atoms. The number of hydrogen-bond acceptors (Lipinski definition) is 8. The molecule has 0 saturated carbocycles. The van der Waals surface area contributed by atoms with Crippen molar-refractivity contribution in [1.29, 1.82) is 0 Å². The Morgan fingerprint density at radius 1 is 0.397 bits per heavy atom.